The van der Waals surface area contributed by atoms with Gasteiger partial charge in [-0.2, -0.15) is 5.10 Å². The molecule has 1 aromatic heterocycles. The molecule has 0 bridgehead atoms. The lowest BCUT2D eigenvalue weighted by Gasteiger charge is -2.11. The van der Waals surface area contributed by atoms with Crippen molar-refractivity contribution in [3.63, 3.8) is 0 Å². The van der Waals surface area contributed by atoms with Crippen LogP contribution >= 0.6 is 0 Å². The number of aromatic nitrogens is 2. The van der Waals surface area contributed by atoms with Crippen molar-refractivity contribution in [1.29, 1.82) is 0 Å². The Morgan fingerprint density at radius 2 is 1.69 bits per heavy atom. The molecular formula is C19H26N4O3. The SMILES string of the molecule is CCCCCn1nc(C(=O)NNC(=O)CCCC)c2ccccc2c1=O. The first-order chi connectivity index (χ1) is 12.6. The van der Waals surface area contributed by atoms with Crippen LogP contribution in [0.2, 0.25) is 0 Å². The maximum Gasteiger partial charge on any atom is 0.290 e. The van der Waals surface area contributed by atoms with E-state index in [0.29, 0.717) is 23.7 Å². The van der Waals surface area contributed by atoms with E-state index >= 15 is 0 Å². The molecule has 0 aliphatic heterocycles. The van der Waals surface area contributed by atoms with Gasteiger partial charge in [-0.1, -0.05) is 51.3 Å². The van der Waals surface area contributed by atoms with E-state index in [1.807, 2.05) is 6.92 Å². The number of carbonyl (C=O) groups excluding carboxylic acids is 2. The summed E-state index contributed by atoms with van der Waals surface area (Å²) in [5.41, 5.74) is 4.72. The van der Waals surface area contributed by atoms with Gasteiger partial charge in [0, 0.05) is 18.4 Å². The van der Waals surface area contributed by atoms with Crippen LogP contribution in [0.25, 0.3) is 10.8 Å². The number of fused-ring (bicyclic) bond motifs is 1. The number of hydrogen-bond acceptors (Lipinski definition) is 4. The number of unbranched alkanes of at least 4 members (excludes halogenated alkanes) is 3. The van der Waals surface area contributed by atoms with E-state index < -0.39 is 5.91 Å². The molecule has 0 spiro atoms. The smallest absolute Gasteiger partial charge is 0.273 e. The molecule has 2 aromatic rings. The van der Waals surface area contributed by atoms with Gasteiger partial charge in [0.2, 0.25) is 5.91 Å². The van der Waals surface area contributed by atoms with Gasteiger partial charge in [-0.05, 0) is 18.9 Å². The van der Waals surface area contributed by atoms with Crippen LogP contribution in [0.1, 0.15) is 62.9 Å². The Bertz CT molecular complexity index is 829. The molecule has 1 heterocycles. The van der Waals surface area contributed by atoms with E-state index in [1.165, 1.54) is 4.68 Å². The summed E-state index contributed by atoms with van der Waals surface area (Å²) in [4.78, 5) is 36.8. The molecular weight excluding hydrogens is 332 g/mol. The Kier molecular flexibility index (Phi) is 7.32. The van der Waals surface area contributed by atoms with Crippen LogP contribution in [0.15, 0.2) is 29.1 Å². The minimum absolute atomic E-state index is 0.132. The monoisotopic (exact) mass is 358 g/mol. The third kappa shape index (κ3) is 4.91. The van der Waals surface area contributed by atoms with Gasteiger partial charge in [0.05, 0.1) is 5.39 Å². The van der Waals surface area contributed by atoms with Gasteiger partial charge in [-0.15, -0.1) is 0 Å². The number of nitrogens with zero attached hydrogens (tertiary/aromatic N) is 2. The number of amides is 2. The summed E-state index contributed by atoms with van der Waals surface area (Å²) >= 11 is 0. The standard InChI is InChI=1S/C19H26N4O3/c1-3-5-9-13-23-19(26)15-11-8-7-10-14(15)17(22-23)18(25)21-20-16(24)12-6-4-2/h7-8,10-11H,3-6,9,12-13H2,1-2H3,(H,20,24)(H,21,25). The number of nitrogens with one attached hydrogen (secondary N) is 2. The first-order valence-corrected chi connectivity index (χ1v) is 9.17. The first kappa shape index (κ1) is 19.6. The summed E-state index contributed by atoms with van der Waals surface area (Å²) in [7, 11) is 0. The van der Waals surface area contributed by atoms with Gasteiger partial charge in [-0.25, -0.2) is 4.68 Å². The van der Waals surface area contributed by atoms with Crippen LogP contribution in [-0.2, 0) is 11.3 Å². The fourth-order valence-corrected chi connectivity index (χ4v) is 2.65. The van der Waals surface area contributed by atoms with E-state index in [1.54, 1.807) is 24.3 Å². The Morgan fingerprint density at radius 3 is 2.38 bits per heavy atom. The molecule has 0 fully saturated rings. The molecule has 0 aliphatic carbocycles. The van der Waals surface area contributed by atoms with Crippen molar-refractivity contribution < 1.29 is 9.59 Å². The van der Waals surface area contributed by atoms with Crippen molar-refractivity contribution in [2.75, 3.05) is 0 Å². The molecule has 2 N–H and O–H groups in total. The number of rotatable bonds is 8. The second-order valence-electron chi connectivity index (χ2n) is 6.24. The van der Waals surface area contributed by atoms with Crippen molar-refractivity contribution in [2.24, 2.45) is 0 Å². The number of hydrazine groups is 1. The fraction of sp³-hybridized carbons (Fsp3) is 0.474. The van der Waals surface area contributed by atoms with E-state index in [0.717, 1.165) is 32.1 Å². The lowest BCUT2D eigenvalue weighted by molar-refractivity contribution is -0.121. The molecule has 0 atom stereocenters. The second kappa shape index (κ2) is 9.70. The number of carbonyl (C=O) groups is 2. The van der Waals surface area contributed by atoms with Crippen molar-refractivity contribution in [3.8, 4) is 0 Å². The average Bonchev–Trinajstić information content (AvgIpc) is 2.66. The minimum atomic E-state index is -0.532. The Balaban J connectivity index is 2.27. The highest BCUT2D eigenvalue weighted by Crippen LogP contribution is 2.13. The molecule has 26 heavy (non-hydrogen) atoms. The van der Waals surface area contributed by atoms with Crippen molar-refractivity contribution >= 4 is 22.6 Å². The van der Waals surface area contributed by atoms with Crippen LogP contribution in [0.3, 0.4) is 0 Å². The zero-order valence-corrected chi connectivity index (χ0v) is 15.4. The van der Waals surface area contributed by atoms with E-state index in [9.17, 15) is 14.4 Å². The molecule has 2 amide bonds. The molecule has 0 radical (unpaired) electrons. The minimum Gasteiger partial charge on any atom is -0.273 e. The average molecular weight is 358 g/mol. The molecule has 0 aliphatic rings. The summed E-state index contributed by atoms with van der Waals surface area (Å²) in [6.07, 6.45) is 4.83. The molecule has 0 saturated carbocycles. The van der Waals surface area contributed by atoms with Crippen LogP contribution < -0.4 is 16.4 Å². The Morgan fingerprint density at radius 1 is 1.00 bits per heavy atom. The highest BCUT2D eigenvalue weighted by Gasteiger charge is 2.17. The lowest BCUT2D eigenvalue weighted by atomic mass is 10.1. The van der Waals surface area contributed by atoms with E-state index in [2.05, 4.69) is 22.9 Å². The largest absolute Gasteiger partial charge is 0.290 e. The topological polar surface area (TPSA) is 93.1 Å². The highest BCUT2D eigenvalue weighted by atomic mass is 16.2. The summed E-state index contributed by atoms with van der Waals surface area (Å²) in [5, 5.41) is 5.18. The molecule has 7 nitrogen and oxygen atoms in total. The third-order valence-corrected chi connectivity index (χ3v) is 4.13. The van der Waals surface area contributed by atoms with Crippen LogP contribution in [0.4, 0.5) is 0 Å². The zero-order chi connectivity index (χ0) is 18.9. The van der Waals surface area contributed by atoms with E-state index in [4.69, 9.17) is 0 Å². The number of benzene rings is 1. The van der Waals surface area contributed by atoms with Crippen molar-refractivity contribution in [3.05, 3.63) is 40.3 Å². The van der Waals surface area contributed by atoms with Gasteiger partial charge in [-0.3, -0.25) is 25.2 Å². The van der Waals surface area contributed by atoms with Gasteiger partial charge in [0.25, 0.3) is 11.5 Å². The molecule has 0 saturated heterocycles. The summed E-state index contributed by atoms with van der Waals surface area (Å²) < 4.78 is 1.34. The highest BCUT2D eigenvalue weighted by molar-refractivity contribution is 6.05. The quantitative estimate of drug-likeness (QED) is 0.560. The Hall–Kier alpha value is -2.70. The first-order valence-electron chi connectivity index (χ1n) is 9.17. The maximum absolute atomic E-state index is 12.6. The third-order valence-electron chi connectivity index (χ3n) is 4.13. The molecule has 0 unspecified atom stereocenters. The van der Waals surface area contributed by atoms with Gasteiger partial charge in [0.15, 0.2) is 5.69 Å². The summed E-state index contributed by atoms with van der Waals surface area (Å²) in [6, 6.07) is 6.88. The normalized spacial score (nSPS) is 10.7. The lowest BCUT2D eigenvalue weighted by Crippen LogP contribution is -2.42. The molecule has 7 heteroatoms. The van der Waals surface area contributed by atoms with E-state index in [-0.39, 0.29) is 17.2 Å². The summed E-state index contributed by atoms with van der Waals surface area (Å²) in [6.45, 7) is 4.53. The number of aryl methyl sites for hydroxylation is 1. The van der Waals surface area contributed by atoms with Crippen LogP contribution in [-0.4, -0.2) is 21.6 Å². The van der Waals surface area contributed by atoms with Gasteiger partial charge in [0.1, 0.15) is 0 Å². The van der Waals surface area contributed by atoms with Crippen molar-refractivity contribution in [1.82, 2.24) is 20.6 Å². The van der Waals surface area contributed by atoms with Crippen LogP contribution in [0.5, 0.6) is 0 Å². The molecule has 140 valence electrons. The number of hydrogen-bond donors (Lipinski definition) is 2. The summed E-state index contributed by atoms with van der Waals surface area (Å²) in [5.74, 6) is -0.781. The van der Waals surface area contributed by atoms with Crippen molar-refractivity contribution in [2.45, 2.75) is 58.9 Å². The molecule has 1 aromatic carbocycles. The zero-order valence-electron chi connectivity index (χ0n) is 15.4. The fourth-order valence-electron chi connectivity index (χ4n) is 2.65. The van der Waals surface area contributed by atoms with Gasteiger partial charge >= 0.3 is 0 Å². The predicted octanol–water partition coefficient (Wildman–Crippen LogP) is 2.54. The molecule has 2 rings (SSSR count). The second-order valence-corrected chi connectivity index (χ2v) is 6.24. The Labute approximate surface area is 152 Å². The predicted molar refractivity (Wildman–Crippen MR) is 101 cm³/mol. The maximum atomic E-state index is 12.6. The van der Waals surface area contributed by atoms with Crippen LogP contribution in [0, 0.1) is 0 Å². The van der Waals surface area contributed by atoms with Gasteiger partial charge < -0.3 is 0 Å².